The van der Waals surface area contributed by atoms with Crippen LogP contribution in [-0.2, 0) is 23.7 Å². The van der Waals surface area contributed by atoms with Crippen LogP contribution in [0.25, 0.3) is 0 Å². The largest absolute Gasteiger partial charge is 0.394 e. The molecular weight excluding hydrogens is 991 g/mol. The molecule has 2 heterocycles. The van der Waals surface area contributed by atoms with Crippen LogP contribution in [0.4, 0.5) is 0 Å². The monoisotopic (exact) mass is 1110 g/mol. The van der Waals surface area contributed by atoms with Crippen molar-refractivity contribution in [2.24, 2.45) is 0 Å². The highest BCUT2D eigenvalue weighted by Gasteiger charge is 2.51. The summed E-state index contributed by atoms with van der Waals surface area (Å²) in [4.78, 5) is 13.3. The highest BCUT2D eigenvalue weighted by atomic mass is 16.7. The molecule has 0 aromatic rings. The Morgan fingerprint density at radius 1 is 0.474 bits per heavy atom. The van der Waals surface area contributed by atoms with Gasteiger partial charge in [0.15, 0.2) is 12.6 Å². The normalized spacial score (nSPS) is 24.9. The Kier molecular flexibility index (Phi) is 45.4. The molecule has 2 aliphatic rings. The second-order valence-electron chi connectivity index (χ2n) is 22.2. The first-order valence-corrected chi connectivity index (χ1v) is 31.5. The van der Waals surface area contributed by atoms with Crippen LogP contribution in [0.1, 0.15) is 245 Å². The van der Waals surface area contributed by atoms with Gasteiger partial charge in [0, 0.05) is 6.42 Å². The molecule has 9 N–H and O–H groups in total. The molecule has 12 unspecified atom stereocenters. The lowest BCUT2D eigenvalue weighted by Crippen LogP contribution is -2.65. The molecule has 2 saturated heterocycles. The van der Waals surface area contributed by atoms with Crippen LogP contribution in [0.2, 0.25) is 0 Å². The van der Waals surface area contributed by atoms with E-state index in [9.17, 15) is 45.6 Å². The lowest BCUT2D eigenvalue weighted by atomic mass is 9.97. The second kappa shape index (κ2) is 49.3. The van der Waals surface area contributed by atoms with Gasteiger partial charge in [-0.3, -0.25) is 4.79 Å². The van der Waals surface area contributed by atoms with E-state index in [4.69, 9.17) is 18.9 Å². The van der Waals surface area contributed by atoms with E-state index in [-0.39, 0.29) is 12.5 Å². The van der Waals surface area contributed by atoms with Gasteiger partial charge in [0.1, 0.15) is 48.8 Å². The van der Waals surface area contributed by atoms with Gasteiger partial charge < -0.3 is 65.1 Å². The maximum Gasteiger partial charge on any atom is 0.220 e. The summed E-state index contributed by atoms with van der Waals surface area (Å²) in [6.45, 7) is 2.76. The first-order valence-electron chi connectivity index (χ1n) is 31.5. The number of aliphatic hydroxyl groups excluding tert-OH is 8. The number of allylic oxidation sites excluding steroid dienone is 10. The number of nitrogens with one attached hydrogen (secondary N) is 1. The molecule has 454 valence electrons. The number of ether oxygens (including phenoxy) is 4. The zero-order valence-corrected chi connectivity index (χ0v) is 48.9. The Morgan fingerprint density at radius 2 is 0.885 bits per heavy atom. The van der Waals surface area contributed by atoms with E-state index in [0.29, 0.717) is 19.3 Å². The second-order valence-corrected chi connectivity index (χ2v) is 22.2. The van der Waals surface area contributed by atoms with E-state index in [1.54, 1.807) is 0 Å². The quantitative estimate of drug-likeness (QED) is 0.0204. The summed E-state index contributed by atoms with van der Waals surface area (Å²) >= 11 is 0. The first kappa shape index (κ1) is 71.8. The Morgan fingerprint density at radius 3 is 1.36 bits per heavy atom. The molecule has 2 aliphatic heterocycles. The molecule has 0 aromatic carbocycles. The fraction of sp³-hybridized carbons (Fsp3) is 0.828. The third-order valence-corrected chi connectivity index (χ3v) is 15.2. The molecule has 0 bridgehead atoms. The van der Waals surface area contributed by atoms with Crippen LogP contribution in [-0.4, -0.2) is 140 Å². The van der Waals surface area contributed by atoms with E-state index >= 15 is 0 Å². The number of carbonyl (C=O) groups is 1. The number of amides is 1. The van der Waals surface area contributed by atoms with Crippen molar-refractivity contribution in [3.63, 3.8) is 0 Å². The Labute approximate surface area is 473 Å². The molecule has 14 heteroatoms. The van der Waals surface area contributed by atoms with Crippen molar-refractivity contribution in [1.82, 2.24) is 5.32 Å². The number of hydrogen-bond donors (Lipinski definition) is 9. The Bertz CT molecular complexity index is 1540. The summed E-state index contributed by atoms with van der Waals surface area (Å²) in [6.07, 6.45) is 46.4. The number of aliphatic hydroxyl groups is 8. The number of hydrogen-bond acceptors (Lipinski definition) is 13. The summed E-state index contributed by atoms with van der Waals surface area (Å²) in [5, 5.41) is 87.4. The van der Waals surface area contributed by atoms with Gasteiger partial charge in [0.2, 0.25) is 5.91 Å². The van der Waals surface area contributed by atoms with E-state index < -0.39 is 86.8 Å². The third-order valence-electron chi connectivity index (χ3n) is 15.2. The fourth-order valence-corrected chi connectivity index (χ4v) is 10.2. The van der Waals surface area contributed by atoms with Crippen molar-refractivity contribution in [3.8, 4) is 0 Å². The minimum absolute atomic E-state index is 0.213. The first-order chi connectivity index (χ1) is 38.1. The van der Waals surface area contributed by atoms with E-state index in [1.807, 2.05) is 0 Å². The summed E-state index contributed by atoms with van der Waals surface area (Å²) in [5.74, 6) is -0.213. The van der Waals surface area contributed by atoms with Gasteiger partial charge in [-0.05, 0) is 57.8 Å². The zero-order valence-electron chi connectivity index (χ0n) is 48.9. The molecule has 0 aliphatic carbocycles. The minimum Gasteiger partial charge on any atom is -0.394 e. The van der Waals surface area contributed by atoms with Gasteiger partial charge in [-0.2, -0.15) is 0 Å². The average Bonchev–Trinajstić information content (AvgIpc) is 3.44. The van der Waals surface area contributed by atoms with E-state index in [2.05, 4.69) is 79.9 Å². The highest BCUT2D eigenvalue weighted by Crippen LogP contribution is 2.30. The lowest BCUT2D eigenvalue weighted by Gasteiger charge is -2.46. The maximum absolute atomic E-state index is 13.3. The molecule has 0 saturated carbocycles. The number of unbranched alkanes of at least 4 members (excludes halogenated alkanes) is 27. The predicted molar refractivity (Wildman–Crippen MR) is 314 cm³/mol. The molecule has 14 nitrogen and oxygen atoms in total. The summed E-state index contributed by atoms with van der Waals surface area (Å²) in [5.41, 5.74) is 0. The topological polar surface area (TPSA) is 228 Å². The molecule has 0 aromatic heterocycles. The fourth-order valence-electron chi connectivity index (χ4n) is 10.2. The van der Waals surface area contributed by atoms with Gasteiger partial charge in [-0.1, -0.05) is 242 Å². The summed E-state index contributed by atoms with van der Waals surface area (Å²) in [6, 6.07) is -0.836. The van der Waals surface area contributed by atoms with Crippen LogP contribution in [0, 0.1) is 0 Å². The molecule has 0 radical (unpaired) electrons. The van der Waals surface area contributed by atoms with Gasteiger partial charge in [0.05, 0.1) is 32.0 Å². The third kappa shape index (κ3) is 34.2. The van der Waals surface area contributed by atoms with Gasteiger partial charge in [-0.15, -0.1) is 0 Å². The smallest absolute Gasteiger partial charge is 0.220 e. The van der Waals surface area contributed by atoms with Crippen molar-refractivity contribution >= 4 is 5.91 Å². The molecule has 1 amide bonds. The van der Waals surface area contributed by atoms with Crippen LogP contribution in [0.5, 0.6) is 0 Å². The Balaban J connectivity index is 1.73. The average molecular weight is 1110 g/mol. The van der Waals surface area contributed by atoms with E-state index in [0.717, 1.165) is 83.5 Å². The lowest BCUT2D eigenvalue weighted by molar-refractivity contribution is -0.359. The van der Waals surface area contributed by atoms with Gasteiger partial charge >= 0.3 is 0 Å². The highest BCUT2D eigenvalue weighted by molar-refractivity contribution is 5.76. The van der Waals surface area contributed by atoms with Crippen LogP contribution >= 0.6 is 0 Å². The van der Waals surface area contributed by atoms with E-state index in [1.165, 1.54) is 128 Å². The number of rotatable bonds is 50. The van der Waals surface area contributed by atoms with Crippen LogP contribution in [0.15, 0.2) is 60.8 Å². The molecular formula is C64H115NO13. The molecule has 12 atom stereocenters. The van der Waals surface area contributed by atoms with Crippen molar-refractivity contribution in [2.75, 3.05) is 19.8 Å². The maximum atomic E-state index is 13.3. The van der Waals surface area contributed by atoms with Crippen molar-refractivity contribution < 1.29 is 64.6 Å². The Hall–Kier alpha value is -2.31. The summed E-state index contributed by atoms with van der Waals surface area (Å²) in [7, 11) is 0. The van der Waals surface area contributed by atoms with Crippen molar-refractivity contribution in [2.45, 2.75) is 319 Å². The minimum atomic E-state index is -1.79. The van der Waals surface area contributed by atoms with Crippen molar-refractivity contribution in [1.29, 1.82) is 0 Å². The standard InChI is InChI=1S/C64H115NO13/c1-3-5-7-9-11-13-15-17-19-21-23-24-25-26-27-28-30-32-34-36-38-40-42-44-46-48-56(69)65-52(53(68)47-45-43-41-39-37-35-33-31-29-22-20-18-16-14-12-10-8-6-4-2)51-75-63-61(74)59(72)62(55(50-67)77-63)78-64-60(73)58(71)57(70)54(49-66)76-64/h5,7,11,13,17,19,23-24,26-27,52-55,57-64,66-68,70-74H,3-4,6,8-10,12,14-16,18,20-22,25,28-51H2,1-2H3,(H,65,69)/b7-5-,13-11-,19-17-,24-23-,27-26-. The number of carbonyl (C=O) groups excluding carboxylic acids is 1. The molecule has 78 heavy (non-hydrogen) atoms. The predicted octanol–water partition coefficient (Wildman–Crippen LogP) is 11.3. The molecule has 2 fully saturated rings. The SMILES string of the molecule is CC/C=C\C/C=C\C/C=C\C/C=C\C/C=C\CCCCCCCCCCCC(=O)NC(COC1OC(CO)C(OC2OC(CO)C(O)C(O)C2O)C(O)C1O)C(O)CCCCCCCCCCCCCCCCCCCCC. The van der Waals surface area contributed by atoms with Crippen molar-refractivity contribution in [3.05, 3.63) is 60.8 Å². The van der Waals surface area contributed by atoms with Gasteiger partial charge in [0.25, 0.3) is 0 Å². The zero-order chi connectivity index (χ0) is 56.7. The van der Waals surface area contributed by atoms with Crippen LogP contribution in [0.3, 0.4) is 0 Å². The molecule has 2 rings (SSSR count). The molecule has 0 spiro atoms. The van der Waals surface area contributed by atoms with Gasteiger partial charge in [-0.25, -0.2) is 0 Å². The van der Waals surface area contributed by atoms with Crippen LogP contribution < -0.4 is 5.32 Å². The summed E-state index contributed by atoms with van der Waals surface area (Å²) < 4.78 is 22.9.